The van der Waals surface area contributed by atoms with Gasteiger partial charge in [-0.05, 0) is 19.4 Å². The van der Waals surface area contributed by atoms with Gasteiger partial charge in [0.25, 0.3) is 0 Å². The molecule has 0 atom stereocenters. The maximum absolute atomic E-state index is 10.8. The molecule has 0 aliphatic heterocycles. The Bertz CT molecular complexity index is 791. The molecule has 0 spiro atoms. The maximum Gasteiger partial charge on any atom is 0.227 e. The van der Waals surface area contributed by atoms with Crippen LogP contribution in [0.1, 0.15) is 10.4 Å². The third-order valence-corrected chi connectivity index (χ3v) is 4.97. The summed E-state index contributed by atoms with van der Waals surface area (Å²) in [6.45, 7) is 4.12. The molecule has 0 saturated carbocycles. The van der Waals surface area contributed by atoms with Gasteiger partial charge >= 0.3 is 0 Å². The highest BCUT2D eigenvalue weighted by molar-refractivity contribution is 7.99. The molecule has 19 heavy (non-hydrogen) atoms. The maximum atomic E-state index is 10.8. The quantitative estimate of drug-likeness (QED) is 0.740. The van der Waals surface area contributed by atoms with Gasteiger partial charge in [0.2, 0.25) is 5.91 Å². The number of primary amides is 1. The third kappa shape index (κ3) is 1.96. The summed E-state index contributed by atoms with van der Waals surface area (Å²) in [7, 11) is 0. The second-order valence-electron chi connectivity index (χ2n) is 4.14. The molecule has 1 amide bonds. The molecular formula is C11H11N5OS2. The normalized spacial score (nSPS) is 11.5. The predicted molar refractivity (Wildman–Crippen MR) is 75.6 cm³/mol. The number of rotatable bonds is 3. The van der Waals surface area contributed by atoms with Gasteiger partial charge in [-0.2, -0.15) is 0 Å². The van der Waals surface area contributed by atoms with Crippen molar-refractivity contribution in [1.82, 2.24) is 19.6 Å². The van der Waals surface area contributed by atoms with Crippen LogP contribution in [-0.4, -0.2) is 31.2 Å². The van der Waals surface area contributed by atoms with E-state index in [4.69, 9.17) is 5.73 Å². The number of hydrogen-bond donors (Lipinski definition) is 1. The van der Waals surface area contributed by atoms with Crippen LogP contribution in [0.25, 0.3) is 15.9 Å². The van der Waals surface area contributed by atoms with E-state index in [-0.39, 0.29) is 11.7 Å². The van der Waals surface area contributed by atoms with Crippen molar-refractivity contribution in [3.05, 3.63) is 16.8 Å². The third-order valence-electron chi connectivity index (χ3n) is 2.89. The molecule has 2 N–H and O–H groups in total. The average molecular weight is 293 g/mol. The van der Waals surface area contributed by atoms with Crippen molar-refractivity contribution >= 4 is 44.9 Å². The minimum Gasteiger partial charge on any atom is -0.369 e. The molecule has 3 rings (SSSR count). The molecule has 6 nitrogen and oxygen atoms in total. The standard InChI is InChI=1S/C11H11N5OS2/c1-5-6(2)19-10-8(5)9-14-15-11(16(9)4-13-10)18-3-7(12)17/h4H,3H2,1-2H3,(H2,12,17). The first-order valence-electron chi connectivity index (χ1n) is 5.58. The van der Waals surface area contributed by atoms with Crippen LogP contribution in [0.2, 0.25) is 0 Å². The smallest absolute Gasteiger partial charge is 0.227 e. The number of hydrogen-bond acceptors (Lipinski definition) is 6. The molecule has 0 saturated heterocycles. The molecule has 0 radical (unpaired) electrons. The fourth-order valence-electron chi connectivity index (χ4n) is 1.86. The highest BCUT2D eigenvalue weighted by atomic mass is 32.2. The molecule has 8 heteroatoms. The Balaban J connectivity index is 2.19. The lowest BCUT2D eigenvalue weighted by Crippen LogP contribution is -2.13. The number of thiophene rings is 1. The molecule has 0 bridgehead atoms. The van der Waals surface area contributed by atoms with E-state index >= 15 is 0 Å². The van der Waals surface area contributed by atoms with Gasteiger partial charge in [-0.15, -0.1) is 21.5 Å². The molecule has 0 aliphatic carbocycles. The molecule has 0 aromatic carbocycles. The van der Waals surface area contributed by atoms with Crippen LogP contribution in [0.3, 0.4) is 0 Å². The van der Waals surface area contributed by atoms with Crippen molar-refractivity contribution in [2.24, 2.45) is 5.73 Å². The van der Waals surface area contributed by atoms with Crippen LogP contribution < -0.4 is 5.73 Å². The van der Waals surface area contributed by atoms with Gasteiger partial charge in [-0.25, -0.2) is 4.98 Å². The van der Waals surface area contributed by atoms with E-state index in [1.165, 1.54) is 22.2 Å². The zero-order valence-electron chi connectivity index (χ0n) is 10.4. The topological polar surface area (TPSA) is 86.2 Å². The first-order chi connectivity index (χ1) is 9.08. The monoisotopic (exact) mass is 293 g/mol. The highest BCUT2D eigenvalue weighted by Crippen LogP contribution is 2.31. The number of nitrogens with zero attached hydrogens (tertiary/aromatic N) is 4. The Hall–Kier alpha value is -1.67. The van der Waals surface area contributed by atoms with E-state index in [2.05, 4.69) is 29.0 Å². The minimum atomic E-state index is -0.377. The lowest BCUT2D eigenvalue weighted by Gasteiger charge is -1.98. The van der Waals surface area contributed by atoms with E-state index in [9.17, 15) is 4.79 Å². The van der Waals surface area contributed by atoms with Gasteiger partial charge in [0.1, 0.15) is 11.2 Å². The summed E-state index contributed by atoms with van der Waals surface area (Å²) in [6, 6.07) is 0. The largest absolute Gasteiger partial charge is 0.369 e. The van der Waals surface area contributed by atoms with Crippen LogP contribution in [0.5, 0.6) is 0 Å². The predicted octanol–water partition coefficient (Wildman–Crippen LogP) is 1.53. The minimum absolute atomic E-state index is 0.181. The van der Waals surface area contributed by atoms with Crippen LogP contribution in [0.4, 0.5) is 0 Å². The Morgan fingerprint density at radius 2 is 2.26 bits per heavy atom. The summed E-state index contributed by atoms with van der Waals surface area (Å²) in [5, 5.41) is 9.97. The van der Waals surface area contributed by atoms with Gasteiger partial charge in [-0.1, -0.05) is 11.8 Å². The fourth-order valence-corrected chi connectivity index (χ4v) is 3.49. The van der Waals surface area contributed by atoms with Crippen molar-refractivity contribution < 1.29 is 4.79 Å². The van der Waals surface area contributed by atoms with Crippen LogP contribution >= 0.6 is 23.1 Å². The highest BCUT2D eigenvalue weighted by Gasteiger charge is 2.15. The lowest BCUT2D eigenvalue weighted by molar-refractivity contribution is -0.115. The van der Waals surface area contributed by atoms with Gasteiger partial charge in [-0.3, -0.25) is 9.20 Å². The Morgan fingerprint density at radius 3 is 3.00 bits per heavy atom. The number of fused-ring (bicyclic) bond motifs is 3. The first-order valence-corrected chi connectivity index (χ1v) is 7.38. The zero-order chi connectivity index (χ0) is 13.6. The molecular weight excluding hydrogens is 282 g/mol. The second kappa shape index (κ2) is 4.46. The van der Waals surface area contributed by atoms with Crippen LogP contribution in [0, 0.1) is 13.8 Å². The zero-order valence-corrected chi connectivity index (χ0v) is 12.0. The summed E-state index contributed by atoms with van der Waals surface area (Å²) < 4.78 is 1.80. The first kappa shape index (κ1) is 12.4. The molecule has 3 aromatic rings. The summed E-state index contributed by atoms with van der Waals surface area (Å²) in [6.07, 6.45) is 1.69. The van der Waals surface area contributed by atoms with Crippen molar-refractivity contribution in [1.29, 1.82) is 0 Å². The lowest BCUT2D eigenvalue weighted by atomic mass is 10.2. The van der Waals surface area contributed by atoms with Gasteiger partial charge in [0.05, 0.1) is 11.1 Å². The van der Waals surface area contributed by atoms with Crippen molar-refractivity contribution in [2.75, 3.05) is 5.75 Å². The summed E-state index contributed by atoms with van der Waals surface area (Å²) in [5.74, 6) is -0.196. The van der Waals surface area contributed by atoms with Crippen molar-refractivity contribution in [3.63, 3.8) is 0 Å². The SMILES string of the molecule is Cc1sc2ncn3c(SCC(N)=O)nnc3c2c1C. The van der Waals surface area contributed by atoms with Crippen molar-refractivity contribution in [2.45, 2.75) is 19.0 Å². The number of aromatic nitrogens is 4. The number of carbonyl (C=O) groups excluding carboxylic acids is 1. The second-order valence-corrected chi connectivity index (χ2v) is 6.28. The molecule has 3 aromatic heterocycles. The number of carbonyl (C=O) groups is 1. The molecule has 3 heterocycles. The number of amides is 1. The number of nitrogens with two attached hydrogens (primary N) is 1. The molecule has 98 valence electrons. The summed E-state index contributed by atoms with van der Waals surface area (Å²) >= 11 is 2.91. The summed E-state index contributed by atoms with van der Waals surface area (Å²) in [4.78, 5) is 17.4. The van der Waals surface area contributed by atoms with Crippen molar-refractivity contribution in [3.8, 4) is 0 Å². The van der Waals surface area contributed by atoms with Gasteiger partial charge < -0.3 is 5.73 Å². The van der Waals surface area contributed by atoms with E-state index in [1.807, 2.05) is 0 Å². The fraction of sp³-hybridized carbons (Fsp3) is 0.273. The molecule has 0 unspecified atom stereocenters. The van der Waals surface area contributed by atoms with Gasteiger partial charge in [0.15, 0.2) is 10.8 Å². The Labute approximate surface area is 117 Å². The van der Waals surface area contributed by atoms with E-state index in [0.29, 0.717) is 5.16 Å². The van der Waals surface area contributed by atoms with Crippen LogP contribution in [-0.2, 0) is 4.79 Å². The summed E-state index contributed by atoms with van der Waals surface area (Å²) in [5.41, 5.74) is 7.09. The average Bonchev–Trinajstić information content (AvgIpc) is 2.89. The Morgan fingerprint density at radius 1 is 1.47 bits per heavy atom. The molecule has 0 fully saturated rings. The van der Waals surface area contributed by atoms with Gasteiger partial charge in [0, 0.05) is 4.88 Å². The van der Waals surface area contributed by atoms with E-state index in [1.54, 1.807) is 22.1 Å². The number of thioether (sulfide) groups is 1. The molecule has 0 aliphatic rings. The number of aryl methyl sites for hydroxylation is 2. The van der Waals surface area contributed by atoms with E-state index in [0.717, 1.165) is 15.9 Å². The van der Waals surface area contributed by atoms with Crippen LogP contribution in [0.15, 0.2) is 11.5 Å². The van der Waals surface area contributed by atoms with E-state index < -0.39 is 0 Å². The Kier molecular flexibility index (Phi) is 2.90.